The first-order valence-corrected chi connectivity index (χ1v) is 6.02. The van der Waals surface area contributed by atoms with Gasteiger partial charge in [0.2, 0.25) is 11.8 Å². The topological polar surface area (TPSA) is 84.2 Å². The predicted octanol–water partition coefficient (Wildman–Crippen LogP) is 1.21. The lowest BCUT2D eigenvalue weighted by Gasteiger charge is -2.12. The Bertz CT molecular complexity index is 485. The monoisotopic (exact) mass is 283 g/mol. The number of carbonyl (C=O) groups is 2. The lowest BCUT2D eigenvalue weighted by atomic mass is 10.1. The Balaban J connectivity index is 0.00000180. The van der Waals surface area contributed by atoms with Crippen molar-refractivity contribution in [3.63, 3.8) is 0 Å². The highest BCUT2D eigenvalue weighted by atomic mass is 35.5. The average Bonchev–Trinajstić information content (AvgIpc) is 2.85. The van der Waals surface area contributed by atoms with E-state index in [9.17, 15) is 9.59 Å². The number of aryl methyl sites for hydroxylation is 1. The van der Waals surface area contributed by atoms with E-state index in [1.165, 1.54) is 0 Å². The Hall–Kier alpha value is -1.59. The number of hydrogen-bond acceptors (Lipinski definition) is 3. The van der Waals surface area contributed by atoms with Gasteiger partial charge in [-0.3, -0.25) is 9.59 Å². The summed E-state index contributed by atoms with van der Waals surface area (Å²) in [4.78, 5) is 23.1. The molecule has 1 aliphatic rings. The molecule has 6 heteroatoms. The zero-order valence-electron chi connectivity index (χ0n) is 10.7. The largest absolute Gasteiger partial charge is 0.366 e. The number of halogens is 1. The summed E-state index contributed by atoms with van der Waals surface area (Å²) in [5.74, 6) is -0.547. The summed E-state index contributed by atoms with van der Waals surface area (Å²) in [6.07, 6.45) is 1.86. The molecule has 0 spiro atoms. The number of primary amides is 1. The van der Waals surface area contributed by atoms with Crippen LogP contribution >= 0.6 is 12.4 Å². The summed E-state index contributed by atoms with van der Waals surface area (Å²) in [7, 11) is 0. The highest BCUT2D eigenvalue weighted by Gasteiger charge is 2.22. The van der Waals surface area contributed by atoms with Crippen molar-refractivity contribution in [2.45, 2.75) is 25.8 Å². The summed E-state index contributed by atoms with van der Waals surface area (Å²) in [6.45, 7) is 2.68. The Labute approximate surface area is 118 Å². The second kappa shape index (κ2) is 6.54. The molecule has 1 fully saturated rings. The van der Waals surface area contributed by atoms with Gasteiger partial charge in [0.05, 0.1) is 6.04 Å². The van der Waals surface area contributed by atoms with Crippen LogP contribution in [-0.2, 0) is 4.79 Å². The number of carbonyl (C=O) groups excluding carboxylic acids is 2. The maximum Gasteiger partial charge on any atom is 0.249 e. The third-order valence-corrected chi connectivity index (χ3v) is 3.15. The molecule has 1 saturated heterocycles. The van der Waals surface area contributed by atoms with E-state index in [4.69, 9.17) is 5.73 Å². The van der Waals surface area contributed by atoms with E-state index in [0.29, 0.717) is 11.3 Å². The molecular weight excluding hydrogens is 266 g/mol. The van der Waals surface area contributed by atoms with Crippen LogP contribution in [0.3, 0.4) is 0 Å². The smallest absolute Gasteiger partial charge is 0.249 e. The van der Waals surface area contributed by atoms with Crippen molar-refractivity contribution >= 4 is 29.9 Å². The van der Waals surface area contributed by atoms with E-state index in [1.54, 1.807) is 18.2 Å². The van der Waals surface area contributed by atoms with Crippen molar-refractivity contribution in [3.8, 4) is 0 Å². The Morgan fingerprint density at radius 1 is 1.42 bits per heavy atom. The van der Waals surface area contributed by atoms with Gasteiger partial charge in [-0.15, -0.1) is 12.4 Å². The molecular formula is C13H18ClN3O2. The minimum absolute atomic E-state index is 0. The Kier molecular flexibility index (Phi) is 5.32. The first kappa shape index (κ1) is 15.5. The third kappa shape index (κ3) is 3.68. The maximum atomic E-state index is 11.9. The molecule has 2 amide bonds. The molecule has 1 aromatic rings. The summed E-state index contributed by atoms with van der Waals surface area (Å²) in [5.41, 5.74) is 7.12. The Morgan fingerprint density at radius 3 is 2.74 bits per heavy atom. The van der Waals surface area contributed by atoms with Crippen LogP contribution in [0, 0.1) is 6.92 Å². The van der Waals surface area contributed by atoms with Gasteiger partial charge in [0.1, 0.15) is 0 Å². The van der Waals surface area contributed by atoms with Crippen molar-refractivity contribution in [1.29, 1.82) is 0 Å². The first-order chi connectivity index (χ1) is 8.58. The quantitative estimate of drug-likeness (QED) is 0.779. The van der Waals surface area contributed by atoms with Gasteiger partial charge in [-0.25, -0.2) is 0 Å². The summed E-state index contributed by atoms with van der Waals surface area (Å²) in [6, 6.07) is 5.03. The van der Waals surface area contributed by atoms with Gasteiger partial charge in [0.25, 0.3) is 0 Å². The zero-order chi connectivity index (χ0) is 13.1. The van der Waals surface area contributed by atoms with E-state index in [1.807, 2.05) is 6.92 Å². The molecule has 0 bridgehead atoms. The maximum absolute atomic E-state index is 11.9. The minimum atomic E-state index is -0.484. The number of anilines is 1. The van der Waals surface area contributed by atoms with Crippen LogP contribution in [0.5, 0.6) is 0 Å². The highest BCUT2D eigenvalue weighted by molar-refractivity contribution is 5.98. The summed E-state index contributed by atoms with van der Waals surface area (Å²) in [5, 5.41) is 5.92. The number of rotatable bonds is 3. The fraction of sp³-hybridized carbons (Fsp3) is 0.385. The zero-order valence-corrected chi connectivity index (χ0v) is 11.5. The molecule has 19 heavy (non-hydrogen) atoms. The van der Waals surface area contributed by atoms with E-state index in [0.717, 1.165) is 24.9 Å². The van der Waals surface area contributed by atoms with Crippen molar-refractivity contribution in [3.05, 3.63) is 29.3 Å². The molecule has 1 atom stereocenters. The first-order valence-electron chi connectivity index (χ1n) is 6.02. The lowest BCUT2D eigenvalue weighted by molar-refractivity contribution is -0.117. The summed E-state index contributed by atoms with van der Waals surface area (Å²) < 4.78 is 0. The normalized spacial score (nSPS) is 17.6. The highest BCUT2D eigenvalue weighted by Crippen LogP contribution is 2.16. The van der Waals surface area contributed by atoms with Crippen molar-refractivity contribution < 1.29 is 9.59 Å². The average molecular weight is 284 g/mol. The number of nitrogens with one attached hydrogen (secondary N) is 2. The van der Waals surface area contributed by atoms with Gasteiger partial charge < -0.3 is 16.4 Å². The second-order valence-electron chi connectivity index (χ2n) is 4.53. The third-order valence-electron chi connectivity index (χ3n) is 3.15. The van der Waals surface area contributed by atoms with Crippen LogP contribution in [0.25, 0.3) is 0 Å². The molecule has 2 rings (SSSR count). The molecule has 1 heterocycles. The van der Waals surface area contributed by atoms with Gasteiger partial charge in [-0.2, -0.15) is 0 Å². The fourth-order valence-electron chi connectivity index (χ4n) is 2.10. The molecule has 1 aliphatic heterocycles. The Morgan fingerprint density at radius 2 is 2.16 bits per heavy atom. The van der Waals surface area contributed by atoms with Gasteiger partial charge in [0.15, 0.2) is 0 Å². The lowest BCUT2D eigenvalue weighted by Crippen LogP contribution is -2.35. The minimum Gasteiger partial charge on any atom is -0.366 e. The molecule has 0 aromatic heterocycles. The number of amides is 2. The van der Waals surface area contributed by atoms with E-state index < -0.39 is 5.91 Å². The molecule has 0 aliphatic carbocycles. The van der Waals surface area contributed by atoms with Crippen molar-refractivity contribution in [2.75, 3.05) is 11.9 Å². The molecule has 4 N–H and O–H groups in total. The molecule has 0 radical (unpaired) electrons. The van der Waals surface area contributed by atoms with Gasteiger partial charge in [-0.05, 0) is 44.0 Å². The van der Waals surface area contributed by atoms with Crippen LogP contribution < -0.4 is 16.4 Å². The van der Waals surface area contributed by atoms with E-state index in [-0.39, 0.29) is 24.4 Å². The van der Waals surface area contributed by atoms with Crippen LogP contribution in [0.1, 0.15) is 28.8 Å². The van der Waals surface area contributed by atoms with Crippen molar-refractivity contribution in [2.24, 2.45) is 5.73 Å². The standard InChI is InChI=1S/C13H17N3O2.ClH/c1-8-4-5-9(7-10(8)12(14)17)16-13(18)11-3-2-6-15-11;/h4-5,7,11,15H,2-3,6H2,1H3,(H2,14,17)(H,16,18);1H. The van der Waals surface area contributed by atoms with Crippen LogP contribution in [0.2, 0.25) is 0 Å². The van der Waals surface area contributed by atoms with Gasteiger partial charge in [0, 0.05) is 11.3 Å². The van der Waals surface area contributed by atoms with Crippen LogP contribution in [-0.4, -0.2) is 24.4 Å². The van der Waals surface area contributed by atoms with Crippen molar-refractivity contribution in [1.82, 2.24) is 5.32 Å². The van der Waals surface area contributed by atoms with Gasteiger partial charge >= 0.3 is 0 Å². The molecule has 104 valence electrons. The van der Waals surface area contributed by atoms with Crippen LogP contribution in [0.4, 0.5) is 5.69 Å². The SMILES string of the molecule is Cc1ccc(NC(=O)C2CCCN2)cc1C(N)=O.Cl. The molecule has 1 unspecified atom stereocenters. The van der Waals surface area contributed by atoms with Gasteiger partial charge in [-0.1, -0.05) is 6.07 Å². The number of nitrogens with two attached hydrogens (primary N) is 1. The van der Waals surface area contributed by atoms with Crippen LogP contribution in [0.15, 0.2) is 18.2 Å². The number of hydrogen-bond donors (Lipinski definition) is 3. The molecule has 5 nitrogen and oxygen atoms in total. The second-order valence-corrected chi connectivity index (χ2v) is 4.53. The number of benzene rings is 1. The fourth-order valence-corrected chi connectivity index (χ4v) is 2.10. The molecule has 0 saturated carbocycles. The molecule has 1 aromatic carbocycles. The van der Waals surface area contributed by atoms with E-state index >= 15 is 0 Å². The predicted molar refractivity (Wildman–Crippen MR) is 76.6 cm³/mol. The van der Waals surface area contributed by atoms with E-state index in [2.05, 4.69) is 10.6 Å². The summed E-state index contributed by atoms with van der Waals surface area (Å²) >= 11 is 0.